The van der Waals surface area contributed by atoms with E-state index in [2.05, 4.69) is 27.9 Å². The number of hydrogen-bond donors (Lipinski definition) is 0. The normalized spacial score (nSPS) is 21.7. The quantitative estimate of drug-likeness (QED) is 0.479. The van der Waals surface area contributed by atoms with Gasteiger partial charge in [-0.1, -0.05) is 28.8 Å². The van der Waals surface area contributed by atoms with E-state index in [9.17, 15) is 0 Å². The Bertz CT molecular complexity index is 79.0. The fraction of sp³-hybridized carbons (Fsp3) is 1.00. The minimum atomic E-state index is 0.865. The van der Waals surface area contributed by atoms with Crippen molar-refractivity contribution in [1.29, 1.82) is 0 Å². The van der Waals surface area contributed by atoms with Crippen molar-refractivity contribution in [3.05, 3.63) is 0 Å². The molecule has 0 amide bonds. The van der Waals surface area contributed by atoms with E-state index < -0.39 is 0 Å². The molecular weight excluding hydrogens is 178 g/mol. The highest BCUT2D eigenvalue weighted by atomic mass is 79.9. The van der Waals surface area contributed by atoms with Crippen molar-refractivity contribution in [3.63, 3.8) is 0 Å². The lowest BCUT2D eigenvalue weighted by Crippen LogP contribution is -2.27. The fourth-order valence-corrected chi connectivity index (χ4v) is 1.85. The second kappa shape index (κ2) is 3.57. The van der Waals surface area contributed by atoms with Gasteiger partial charge >= 0.3 is 0 Å². The molecule has 0 unspecified atom stereocenters. The summed E-state index contributed by atoms with van der Waals surface area (Å²) in [5, 5.41) is 0. The van der Waals surface area contributed by atoms with Crippen LogP contribution in [0.4, 0.5) is 0 Å². The topological polar surface area (TPSA) is 3.24 Å². The molecule has 0 bridgehead atoms. The van der Waals surface area contributed by atoms with Gasteiger partial charge in [0.25, 0.3) is 0 Å². The van der Waals surface area contributed by atoms with Gasteiger partial charge in [0, 0.05) is 6.04 Å². The summed E-state index contributed by atoms with van der Waals surface area (Å²) in [7, 11) is 2.19. The number of halogens is 1. The Morgan fingerprint density at radius 1 is 1.44 bits per heavy atom. The molecule has 9 heavy (non-hydrogen) atoms. The summed E-state index contributed by atoms with van der Waals surface area (Å²) in [6, 6.07) is 0.865. The van der Waals surface area contributed by atoms with Gasteiger partial charge in [-0.05, 0) is 19.9 Å². The predicted molar refractivity (Wildman–Crippen MR) is 43.8 cm³/mol. The highest BCUT2D eigenvalue weighted by Crippen LogP contribution is 2.22. The highest BCUT2D eigenvalue weighted by molar-refractivity contribution is 9.09. The van der Waals surface area contributed by atoms with Gasteiger partial charge in [-0.3, -0.25) is 4.90 Å². The van der Waals surface area contributed by atoms with Crippen molar-refractivity contribution in [2.45, 2.75) is 31.7 Å². The number of alkyl halides is 1. The lowest BCUT2D eigenvalue weighted by molar-refractivity contribution is 0.290. The Morgan fingerprint density at radius 2 is 2.00 bits per heavy atom. The van der Waals surface area contributed by atoms with Crippen molar-refractivity contribution < 1.29 is 0 Å². The Balaban J connectivity index is 2.24. The van der Waals surface area contributed by atoms with Crippen LogP contribution in [-0.4, -0.2) is 23.4 Å². The lowest BCUT2D eigenvalue weighted by atomic mass is 10.2. The summed E-state index contributed by atoms with van der Waals surface area (Å²) in [6.45, 7) is 0. The molecule has 1 aliphatic carbocycles. The van der Waals surface area contributed by atoms with Crippen molar-refractivity contribution >= 4 is 15.9 Å². The third-order valence-electron chi connectivity index (χ3n) is 2.14. The second-order valence-electron chi connectivity index (χ2n) is 2.81. The van der Waals surface area contributed by atoms with E-state index in [0.717, 1.165) is 11.5 Å². The Hall–Kier alpha value is 0.440. The van der Waals surface area contributed by atoms with Crippen LogP contribution in [0.15, 0.2) is 0 Å². The number of hydrogen-bond acceptors (Lipinski definition) is 1. The maximum absolute atomic E-state index is 3.45. The molecule has 1 fully saturated rings. The van der Waals surface area contributed by atoms with Crippen LogP contribution in [0.1, 0.15) is 25.7 Å². The third-order valence-corrected chi connectivity index (χ3v) is 2.93. The zero-order valence-electron chi connectivity index (χ0n) is 5.94. The van der Waals surface area contributed by atoms with Crippen LogP contribution >= 0.6 is 15.9 Å². The van der Waals surface area contributed by atoms with Gasteiger partial charge in [0.15, 0.2) is 0 Å². The molecule has 1 saturated carbocycles. The molecule has 0 aromatic carbocycles. The van der Waals surface area contributed by atoms with Crippen molar-refractivity contribution in [3.8, 4) is 0 Å². The van der Waals surface area contributed by atoms with Gasteiger partial charge in [-0.15, -0.1) is 0 Å². The molecular formula is C7H14BrN. The Labute approximate surface area is 65.6 Å². The van der Waals surface area contributed by atoms with E-state index in [4.69, 9.17) is 0 Å². The first-order valence-corrected chi connectivity index (χ1v) is 4.73. The first-order valence-electron chi connectivity index (χ1n) is 3.61. The standard InChI is InChI=1S/C7H14BrN/c1-9(6-8)7-4-2-3-5-7/h7H,2-6H2,1H3. The first-order chi connectivity index (χ1) is 4.34. The molecule has 2 heteroatoms. The molecule has 0 atom stereocenters. The molecule has 0 aliphatic heterocycles. The summed E-state index contributed by atoms with van der Waals surface area (Å²) < 4.78 is 0. The van der Waals surface area contributed by atoms with E-state index in [-0.39, 0.29) is 0 Å². The number of nitrogens with zero attached hydrogens (tertiary/aromatic N) is 1. The summed E-state index contributed by atoms with van der Waals surface area (Å²) in [6.07, 6.45) is 5.67. The monoisotopic (exact) mass is 191 g/mol. The molecule has 0 aromatic rings. The second-order valence-corrected chi connectivity index (χ2v) is 3.32. The summed E-state index contributed by atoms with van der Waals surface area (Å²) in [4.78, 5) is 2.38. The minimum Gasteiger partial charge on any atom is -0.294 e. The fourth-order valence-electron chi connectivity index (χ4n) is 1.44. The van der Waals surface area contributed by atoms with Gasteiger partial charge < -0.3 is 0 Å². The van der Waals surface area contributed by atoms with Crippen LogP contribution in [0.25, 0.3) is 0 Å². The van der Waals surface area contributed by atoms with Crippen LogP contribution in [0.2, 0.25) is 0 Å². The van der Waals surface area contributed by atoms with Crippen molar-refractivity contribution in [1.82, 2.24) is 4.90 Å². The lowest BCUT2D eigenvalue weighted by Gasteiger charge is -2.20. The molecule has 0 saturated heterocycles. The molecule has 54 valence electrons. The average molecular weight is 192 g/mol. The summed E-state index contributed by atoms with van der Waals surface area (Å²) in [5.74, 6) is 0. The van der Waals surface area contributed by atoms with E-state index in [1.807, 2.05) is 0 Å². The maximum Gasteiger partial charge on any atom is 0.0542 e. The Kier molecular flexibility index (Phi) is 2.99. The van der Waals surface area contributed by atoms with Gasteiger partial charge in [0.2, 0.25) is 0 Å². The smallest absolute Gasteiger partial charge is 0.0542 e. The molecule has 0 radical (unpaired) electrons. The Morgan fingerprint density at radius 3 is 2.44 bits per heavy atom. The summed E-state index contributed by atoms with van der Waals surface area (Å²) in [5.41, 5.74) is 1.03. The van der Waals surface area contributed by atoms with Gasteiger partial charge in [0.05, 0.1) is 5.45 Å². The maximum atomic E-state index is 3.45. The molecule has 0 aromatic heterocycles. The molecule has 1 rings (SSSR count). The van der Waals surface area contributed by atoms with Crippen LogP contribution in [0, 0.1) is 0 Å². The molecule has 1 nitrogen and oxygen atoms in total. The van der Waals surface area contributed by atoms with E-state index in [1.54, 1.807) is 0 Å². The van der Waals surface area contributed by atoms with E-state index >= 15 is 0 Å². The first kappa shape index (κ1) is 7.55. The average Bonchev–Trinajstić information content (AvgIpc) is 2.37. The zero-order chi connectivity index (χ0) is 6.69. The molecule has 0 spiro atoms. The minimum absolute atomic E-state index is 0.865. The van der Waals surface area contributed by atoms with Crippen LogP contribution in [-0.2, 0) is 0 Å². The largest absolute Gasteiger partial charge is 0.294 e. The van der Waals surface area contributed by atoms with Gasteiger partial charge in [-0.2, -0.15) is 0 Å². The number of rotatable bonds is 2. The highest BCUT2D eigenvalue weighted by Gasteiger charge is 2.17. The van der Waals surface area contributed by atoms with Crippen molar-refractivity contribution in [2.24, 2.45) is 0 Å². The van der Waals surface area contributed by atoms with Crippen molar-refractivity contribution in [2.75, 3.05) is 12.5 Å². The molecule has 0 N–H and O–H groups in total. The van der Waals surface area contributed by atoms with Crippen LogP contribution < -0.4 is 0 Å². The summed E-state index contributed by atoms with van der Waals surface area (Å²) >= 11 is 3.45. The van der Waals surface area contributed by atoms with Crippen LogP contribution in [0.5, 0.6) is 0 Å². The van der Waals surface area contributed by atoms with E-state index in [1.165, 1.54) is 25.7 Å². The van der Waals surface area contributed by atoms with E-state index in [0.29, 0.717) is 0 Å². The zero-order valence-corrected chi connectivity index (χ0v) is 7.52. The van der Waals surface area contributed by atoms with Gasteiger partial charge in [-0.25, -0.2) is 0 Å². The SMILES string of the molecule is CN(CBr)C1CCCC1. The molecule has 1 aliphatic rings. The predicted octanol–water partition coefficient (Wildman–Crippen LogP) is 2.21. The van der Waals surface area contributed by atoms with Crippen LogP contribution in [0.3, 0.4) is 0 Å². The molecule has 0 heterocycles. The third kappa shape index (κ3) is 1.94. The van der Waals surface area contributed by atoms with Gasteiger partial charge in [0.1, 0.15) is 0 Å².